The van der Waals surface area contributed by atoms with E-state index in [0.29, 0.717) is 28.5 Å². The highest BCUT2D eigenvalue weighted by atomic mass is 35.5. The van der Waals surface area contributed by atoms with E-state index in [1.54, 1.807) is 19.1 Å². The minimum absolute atomic E-state index is 0.162. The van der Waals surface area contributed by atoms with Crippen molar-refractivity contribution in [2.24, 2.45) is 0 Å². The molecule has 0 aliphatic heterocycles. The molecule has 5 rings (SSSR count). The van der Waals surface area contributed by atoms with Crippen molar-refractivity contribution in [3.05, 3.63) is 88.4 Å². The molecule has 0 aliphatic carbocycles. The quantitative estimate of drug-likeness (QED) is 0.383. The van der Waals surface area contributed by atoms with Crippen LogP contribution in [0.3, 0.4) is 0 Å². The predicted octanol–water partition coefficient (Wildman–Crippen LogP) is 4.99. The summed E-state index contributed by atoms with van der Waals surface area (Å²) in [6.07, 6.45) is 0. The number of rotatable bonds is 5. The summed E-state index contributed by atoms with van der Waals surface area (Å²) in [5, 5.41) is 12.7. The van der Waals surface area contributed by atoms with Crippen LogP contribution in [0.25, 0.3) is 16.6 Å². The SMILES string of the molecule is Cc1ccc(S(=O)(=O)c2nnn3c2nc(NCc2ccccc2Cl)c2ccccc23)c(C)c1. The monoisotopic (exact) mass is 477 g/mol. The Kier molecular flexibility index (Phi) is 5.26. The lowest BCUT2D eigenvalue weighted by molar-refractivity contribution is 0.592. The van der Waals surface area contributed by atoms with Gasteiger partial charge in [0.1, 0.15) is 5.82 Å². The van der Waals surface area contributed by atoms with Gasteiger partial charge in [-0.3, -0.25) is 0 Å². The third kappa shape index (κ3) is 3.71. The lowest BCUT2D eigenvalue weighted by atomic mass is 10.2. The highest BCUT2D eigenvalue weighted by Gasteiger charge is 2.28. The Morgan fingerprint density at radius 2 is 1.76 bits per heavy atom. The summed E-state index contributed by atoms with van der Waals surface area (Å²) in [6.45, 7) is 4.11. The molecular weight excluding hydrogens is 458 g/mol. The van der Waals surface area contributed by atoms with Crippen molar-refractivity contribution in [2.45, 2.75) is 30.3 Å². The fourth-order valence-electron chi connectivity index (χ4n) is 3.88. The van der Waals surface area contributed by atoms with E-state index in [1.165, 1.54) is 4.52 Å². The summed E-state index contributed by atoms with van der Waals surface area (Å²) in [7, 11) is -3.93. The lowest BCUT2D eigenvalue weighted by Gasteiger charge is -2.11. The van der Waals surface area contributed by atoms with E-state index in [1.807, 2.05) is 61.5 Å². The Hall–Kier alpha value is -3.49. The lowest BCUT2D eigenvalue weighted by Crippen LogP contribution is -2.08. The zero-order chi connectivity index (χ0) is 23.2. The van der Waals surface area contributed by atoms with Gasteiger partial charge in [-0.1, -0.05) is 64.8 Å². The number of aromatic nitrogens is 4. The molecule has 0 bridgehead atoms. The van der Waals surface area contributed by atoms with E-state index in [2.05, 4.69) is 20.6 Å². The number of sulfone groups is 1. The molecule has 9 heteroatoms. The molecule has 0 unspecified atom stereocenters. The van der Waals surface area contributed by atoms with Crippen LogP contribution in [0.1, 0.15) is 16.7 Å². The van der Waals surface area contributed by atoms with Crippen molar-refractivity contribution in [3.8, 4) is 0 Å². The second-order valence-corrected chi connectivity index (χ2v) is 10.1. The van der Waals surface area contributed by atoms with Gasteiger partial charge in [-0.25, -0.2) is 13.4 Å². The number of hydrogen-bond acceptors (Lipinski definition) is 6. The van der Waals surface area contributed by atoms with Gasteiger partial charge in [0.15, 0.2) is 5.65 Å². The van der Waals surface area contributed by atoms with E-state index in [4.69, 9.17) is 11.6 Å². The second-order valence-electron chi connectivity index (χ2n) is 7.82. The van der Waals surface area contributed by atoms with Crippen LogP contribution in [0.4, 0.5) is 5.82 Å². The number of aryl methyl sites for hydroxylation is 2. The van der Waals surface area contributed by atoms with Gasteiger partial charge >= 0.3 is 0 Å². The summed E-state index contributed by atoms with van der Waals surface area (Å²) >= 11 is 6.30. The van der Waals surface area contributed by atoms with Gasteiger partial charge < -0.3 is 5.32 Å². The molecule has 5 aromatic rings. The van der Waals surface area contributed by atoms with Crippen LogP contribution in [0.2, 0.25) is 5.02 Å². The van der Waals surface area contributed by atoms with Gasteiger partial charge in [0.2, 0.25) is 14.9 Å². The number of fused-ring (bicyclic) bond motifs is 3. The first-order valence-electron chi connectivity index (χ1n) is 10.3. The summed E-state index contributed by atoms with van der Waals surface area (Å²) in [5.41, 5.74) is 3.39. The van der Waals surface area contributed by atoms with Gasteiger partial charge in [0.05, 0.1) is 10.4 Å². The fraction of sp³-hybridized carbons (Fsp3) is 0.125. The number of nitrogens with one attached hydrogen (secondary N) is 1. The van der Waals surface area contributed by atoms with Crippen LogP contribution in [-0.2, 0) is 16.4 Å². The summed E-state index contributed by atoms with van der Waals surface area (Å²) < 4.78 is 28.5. The van der Waals surface area contributed by atoms with Crippen LogP contribution in [-0.4, -0.2) is 28.2 Å². The molecule has 0 spiro atoms. The van der Waals surface area contributed by atoms with Crippen LogP contribution >= 0.6 is 11.6 Å². The van der Waals surface area contributed by atoms with E-state index in [9.17, 15) is 8.42 Å². The molecule has 0 atom stereocenters. The molecule has 0 radical (unpaired) electrons. The number of anilines is 1. The van der Waals surface area contributed by atoms with Gasteiger partial charge in [0, 0.05) is 17.0 Å². The molecule has 3 aromatic carbocycles. The molecule has 33 heavy (non-hydrogen) atoms. The largest absolute Gasteiger partial charge is 0.365 e. The van der Waals surface area contributed by atoms with E-state index in [-0.39, 0.29) is 15.6 Å². The van der Waals surface area contributed by atoms with Gasteiger partial charge in [-0.2, -0.15) is 4.52 Å². The Balaban J connectivity index is 1.68. The van der Waals surface area contributed by atoms with Crippen LogP contribution in [0.15, 0.2) is 76.7 Å². The Morgan fingerprint density at radius 3 is 2.55 bits per heavy atom. The first kappa shape index (κ1) is 21.4. The summed E-state index contributed by atoms with van der Waals surface area (Å²) in [6, 6.07) is 20.2. The molecule has 166 valence electrons. The Bertz CT molecular complexity index is 1630. The van der Waals surface area contributed by atoms with Crippen molar-refractivity contribution in [1.82, 2.24) is 19.8 Å². The predicted molar refractivity (Wildman–Crippen MR) is 128 cm³/mol. The molecule has 0 aliphatic rings. The van der Waals surface area contributed by atoms with Crippen molar-refractivity contribution < 1.29 is 8.42 Å². The van der Waals surface area contributed by atoms with Gasteiger partial charge in [0.25, 0.3) is 0 Å². The molecule has 2 aromatic heterocycles. The highest BCUT2D eigenvalue weighted by molar-refractivity contribution is 7.91. The van der Waals surface area contributed by atoms with Crippen LogP contribution in [0.5, 0.6) is 0 Å². The zero-order valence-corrected chi connectivity index (χ0v) is 19.5. The van der Waals surface area contributed by atoms with Crippen LogP contribution in [0, 0.1) is 13.8 Å². The van der Waals surface area contributed by atoms with Crippen molar-refractivity contribution in [3.63, 3.8) is 0 Å². The van der Waals surface area contributed by atoms with Gasteiger partial charge in [-0.15, -0.1) is 5.10 Å². The van der Waals surface area contributed by atoms with Crippen molar-refractivity contribution >= 4 is 43.8 Å². The third-order valence-electron chi connectivity index (χ3n) is 5.50. The topological polar surface area (TPSA) is 89.2 Å². The zero-order valence-electron chi connectivity index (χ0n) is 17.9. The van der Waals surface area contributed by atoms with E-state index < -0.39 is 9.84 Å². The highest BCUT2D eigenvalue weighted by Crippen LogP contribution is 2.30. The summed E-state index contributed by atoms with van der Waals surface area (Å²) in [5.74, 6) is 0.525. The molecule has 2 heterocycles. The minimum atomic E-state index is -3.93. The molecule has 0 fully saturated rings. The van der Waals surface area contributed by atoms with E-state index in [0.717, 1.165) is 16.5 Å². The van der Waals surface area contributed by atoms with E-state index >= 15 is 0 Å². The molecule has 0 amide bonds. The number of para-hydroxylation sites is 1. The molecular formula is C24H20ClN5O2S. The standard InChI is InChI=1S/C24H20ClN5O2S/c1-15-11-12-21(16(2)13-15)33(31,32)24-23-27-22(26-14-17-7-3-5-9-19(17)25)18-8-4-6-10-20(18)30(23)29-28-24/h3-13H,14H2,1-2H3,(H,26,27). The molecule has 0 saturated carbocycles. The summed E-state index contributed by atoms with van der Waals surface area (Å²) in [4.78, 5) is 4.84. The molecule has 0 saturated heterocycles. The molecule has 1 N–H and O–H groups in total. The second kappa shape index (κ2) is 8.13. The maximum absolute atomic E-state index is 13.5. The number of halogens is 1. The fourth-order valence-corrected chi connectivity index (χ4v) is 5.54. The van der Waals surface area contributed by atoms with Crippen molar-refractivity contribution in [2.75, 3.05) is 5.32 Å². The first-order chi connectivity index (χ1) is 15.9. The van der Waals surface area contributed by atoms with Gasteiger partial charge in [-0.05, 0) is 49.2 Å². The number of benzene rings is 3. The maximum Gasteiger partial charge on any atom is 0.229 e. The average molecular weight is 478 g/mol. The Labute approximate surface area is 196 Å². The Morgan fingerprint density at radius 1 is 1.00 bits per heavy atom. The third-order valence-corrected chi connectivity index (χ3v) is 7.68. The maximum atomic E-state index is 13.5. The minimum Gasteiger partial charge on any atom is -0.365 e. The first-order valence-corrected chi connectivity index (χ1v) is 12.2. The van der Waals surface area contributed by atoms with Crippen LogP contribution < -0.4 is 5.32 Å². The normalized spacial score (nSPS) is 11.8. The number of nitrogens with zero attached hydrogens (tertiary/aromatic N) is 4. The molecule has 7 nitrogen and oxygen atoms in total. The number of hydrogen-bond donors (Lipinski definition) is 1. The average Bonchev–Trinajstić information content (AvgIpc) is 3.23. The van der Waals surface area contributed by atoms with Crippen molar-refractivity contribution in [1.29, 1.82) is 0 Å². The smallest absolute Gasteiger partial charge is 0.229 e.